The Bertz CT molecular complexity index is 1240. The molecule has 11 heteroatoms. The molecular formula is C18H16F2N6O2S. The van der Waals surface area contributed by atoms with Gasteiger partial charge in [-0.15, -0.1) is 11.8 Å². The van der Waals surface area contributed by atoms with Crippen LogP contribution in [0, 0.1) is 5.82 Å². The number of carbonyl (C=O) groups is 1. The van der Waals surface area contributed by atoms with Crippen molar-refractivity contribution in [1.82, 2.24) is 19.6 Å². The number of thioether (sulfide) groups is 1. The SMILES string of the molecule is CSc1c(F)c(N(C)C)c2[nH]ncc2c1-c1ccc2nc(NC(=O)OF)cn2c1. The van der Waals surface area contributed by atoms with E-state index in [1.54, 1.807) is 47.9 Å². The Labute approximate surface area is 167 Å². The maximum absolute atomic E-state index is 15.4. The van der Waals surface area contributed by atoms with Gasteiger partial charge in [-0.2, -0.15) is 5.10 Å². The van der Waals surface area contributed by atoms with Crippen molar-refractivity contribution in [3.63, 3.8) is 0 Å². The number of aromatic amines is 1. The molecule has 29 heavy (non-hydrogen) atoms. The van der Waals surface area contributed by atoms with Gasteiger partial charge in [-0.1, -0.05) is 0 Å². The van der Waals surface area contributed by atoms with E-state index in [-0.39, 0.29) is 11.6 Å². The van der Waals surface area contributed by atoms with Gasteiger partial charge in [0, 0.05) is 41.3 Å². The van der Waals surface area contributed by atoms with Gasteiger partial charge in [0.05, 0.1) is 28.5 Å². The summed E-state index contributed by atoms with van der Waals surface area (Å²) in [7, 11) is 3.55. The number of halogens is 2. The molecule has 0 unspecified atom stereocenters. The quantitative estimate of drug-likeness (QED) is 0.482. The molecule has 0 aliphatic rings. The van der Waals surface area contributed by atoms with Crippen molar-refractivity contribution < 1.29 is 18.7 Å². The van der Waals surface area contributed by atoms with Crippen molar-refractivity contribution in [2.45, 2.75) is 4.90 Å². The van der Waals surface area contributed by atoms with Crippen molar-refractivity contribution in [3.8, 4) is 11.1 Å². The summed E-state index contributed by atoms with van der Waals surface area (Å²) in [5.74, 6) is -0.217. The zero-order chi connectivity index (χ0) is 20.7. The predicted molar refractivity (Wildman–Crippen MR) is 108 cm³/mol. The van der Waals surface area contributed by atoms with E-state index in [9.17, 15) is 9.32 Å². The highest BCUT2D eigenvalue weighted by molar-refractivity contribution is 7.98. The lowest BCUT2D eigenvalue weighted by Gasteiger charge is -2.19. The van der Waals surface area contributed by atoms with Gasteiger partial charge < -0.3 is 9.30 Å². The van der Waals surface area contributed by atoms with E-state index in [4.69, 9.17) is 0 Å². The first-order chi connectivity index (χ1) is 13.9. The Morgan fingerprint density at radius 3 is 2.83 bits per heavy atom. The number of hydrogen-bond donors (Lipinski definition) is 2. The fourth-order valence-corrected chi connectivity index (χ4v) is 4.04. The Morgan fingerprint density at radius 2 is 2.14 bits per heavy atom. The number of H-pyrrole nitrogens is 1. The van der Waals surface area contributed by atoms with Crippen LogP contribution in [-0.4, -0.2) is 46.0 Å². The summed E-state index contributed by atoms with van der Waals surface area (Å²) >= 11 is 1.31. The van der Waals surface area contributed by atoms with Gasteiger partial charge in [0.25, 0.3) is 0 Å². The van der Waals surface area contributed by atoms with Crippen LogP contribution >= 0.6 is 11.8 Å². The van der Waals surface area contributed by atoms with E-state index in [2.05, 4.69) is 25.4 Å². The van der Waals surface area contributed by atoms with Gasteiger partial charge in [-0.25, -0.2) is 19.1 Å². The third-order valence-corrected chi connectivity index (χ3v) is 5.26. The average Bonchev–Trinajstić information content (AvgIpc) is 3.31. The number of imidazole rings is 1. The number of nitrogens with one attached hydrogen (secondary N) is 2. The van der Waals surface area contributed by atoms with Crippen molar-refractivity contribution in [2.75, 3.05) is 30.6 Å². The minimum Gasteiger partial charge on any atom is -0.374 e. The molecule has 2 N–H and O–H groups in total. The molecule has 0 saturated carbocycles. The number of aromatic nitrogens is 4. The van der Waals surface area contributed by atoms with Crippen LogP contribution < -0.4 is 10.2 Å². The van der Waals surface area contributed by atoms with Gasteiger partial charge in [0.15, 0.2) is 11.6 Å². The molecule has 0 saturated heterocycles. The van der Waals surface area contributed by atoms with Crippen LogP contribution in [-0.2, 0) is 4.94 Å². The molecule has 3 aromatic heterocycles. The molecular weight excluding hydrogens is 402 g/mol. The van der Waals surface area contributed by atoms with E-state index in [0.29, 0.717) is 27.3 Å². The number of anilines is 2. The highest BCUT2D eigenvalue weighted by Crippen LogP contribution is 2.43. The molecule has 0 aliphatic heterocycles. The number of nitrogens with zero attached hydrogens (tertiary/aromatic N) is 4. The average molecular weight is 418 g/mol. The van der Waals surface area contributed by atoms with Crippen molar-refractivity contribution in [2.24, 2.45) is 0 Å². The number of fused-ring (bicyclic) bond motifs is 2. The lowest BCUT2D eigenvalue weighted by Crippen LogP contribution is -2.12. The van der Waals surface area contributed by atoms with E-state index >= 15 is 4.39 Å². The molecule has 1 amide bonds. The lowest BCUT2D eigenvalue weighted by molar-refractivity contribution is -0.0544. The molecule has 0 spiro atoms. The molecule has 0 atom stereocenters. The maximum atomic E-state index is 15.4. The summed E-state index contributed by atoms with van der Waals surface area (Å²) in [6.45, 7) is 0. The van der Waals surface area contributed by atoms with Gasteiger partial charge in [0.1, 0.15) is 5.65 Å². The Hall–Kier alpha value is -3.34. The summed E-state index contributed by atoms with van der Waals surface area (Å²) in [6, 6.07) is 3.52. The fraction of sp³-hybridized carbons (Fsp3) is 0.167. The molecule has 0 fully saturated rings. The first kappa shape index (κ1) is 19.0. The van der Waals surface area contributed by atoms with Crippen LogP contribution in [0.25, 0.3) is 27.7 Å². The number of benzene rings is 1. The number of amides is 1. The number of pyridine rings is 1. The van der Waals surface area contributed by atoms with E-state index < -0.39 is 6.09 Å². The second-order valence-electron chi connectivity index (χ2n) is 6.42. The number of carbonyl (C=O) groups excluding carboxylic acids is 1. The van der Waals surface area contributed by atoms with Crippen LogP contribution in [0.15, 0.2) is 35.6 Å². The van der Waals surface area contributed by atoms with E-state index in [1.165, 1.54) is 18.0 Å². The predicted octanol–water partition coefficient (Wildman–Crippen LogP) is 4.24. The molecule has 0 bridgehead atoms. The van der Waals surface area contributed by atoms with Crippen LogP contribution in [0.5, 0.6) is 0 Å². The summed E-state index contributed by atoms with van der Waals surface area (Å²) in [4.78, 5) is 20.5. The minimum absolute atomic E-state index is 0.123. The summed E-state index contributed by atoms with van der Waals surface area (Å²) in [5.41, 5.74) is 2.97. The molecule has 0 aliphatic carbocycles. The van der Waals surface area contributed by atoms with Crippen molar-refractivity contribution in [3.05, 3.63) is 36.5 Å². The van der Waals surface area contributed by atoms with Gasteiger partial charge in [0.2, 0.25) is 0 Å². The van der Waals surface area contributed by atoms with Gasteiger partial charge >= 0.3 is 6.09 Å². The zero-order valence-corrected chi connectivity index (χ0v) is 16.5. The molecule has 1 aromatic carbocycles. The Balaban J connectivity index is 1.92. The normalized spacial score (nSPS) is 11.2. The third kappa shape index (κ3) is 3.12. The second kappa shape index (κ2) is 7.24. The Kier molecular flexibility index (Phi) is 4.74. The van der Waals surface area contributed by atoms with E-state index in [0.717, 1.165) is 10.9 Å². The monoisotopic (exact) mass is 418 g/mol. The van der Waals surface area contributed by atoms with Crippen LogP contribution in [0.3, 0.4) is 0 Å². The standard InChI is InChI=1S/C18H16F2N6O2S/c1-25(2)16-14(19)17(29-3)13(10-6-21-24-15(10)16)9-4-5-12-22-11(8-26(12)7-9)23-18(27)28-20/h4-8H,1-3H3,(H,21,24)(H,23,27). The smallest absolute Gasteiger partial charge is 0.374 e. The van der Waals surface area contributed by atoms with Crippen LogP contribution in [0.2, 0.25) is 0 Å². The van der Waals surface area contributed by atoms with Crippen molar-refractivity contribution >= 4 is 45.9 Å². The molecule has 4 aromatic rings. The highest BCUT2D eigenvalue weighted by Gasteiger charge is 2.23. The van der Waals surface area contributed by atoms with Gasteiger partial charge in [-0.05, 0) is 18.4 Å². The second-order valence-corrected chi connectivity index (χ2v) is 7.24. The van der Waals surface area contributed by atoms with E-state index in [1.807, 2.05) is 6.26 Å². The fourth-order valence-electron chi connectivity index (χ4n) is 3.33. The number of hydrogen-bond acceptors (Lipinski definition) is 6. The van der Waals surface area contributed by atoms with Crippen LogP contribution in [0.1, 0.15) is 0 Å². The summed E-state index contributed by atoms with van der Waals surface area (Å²) < 4.78 is 28.9. The molecule has 4 rings (SSSR count). The molecule has 3 heterocycles. The minimum atomic E-state index is -1.26. The summed E-state index contributed by atoms with van der Waals surface area (Å²) in [5, 5.41) is 9.94. The molecule has 0 radical (unpaired) electrons. The number of rotatable bonds is 4. The third-order valence-electron chi connectivity index (χ3n) is 4.47. The van der Waals surface area contributed by atoms with Crippen molar-refractivity contribution in [1.29, 1.82) is 0 Å². The summed E-state index contributed by atoms with van der Waals surface area (Å²) in [6.07, 6.45) is 5.47. The first-order valence-corrected chi connectivity index (χ1v) is 9.65. The first-order valence-electron chi connectivity index (χ1n) is 8.43. The largest absolute Gasteiger partial charge is 0.450 e. The highest BCUT2D eigenvalue weighted by atomic mass is 32.2. The Morgan fingerprint density at radius 1 is 1.34 bits per heavy atom. The maximum Gasteiger partial charge on any atom is 0.450 e. The zero-order valence-electron chi connectivity index (χ0n) is 15.7. The lowest BCUT2D eigenvalue weighted by atomic mass is 10.0. The van der Waals surface area contributed by atoms with Gasteiger partial charge in [-0.3, -0.25) is 10.4 Å². The molecule has 150 valence electrons. The van der Waals surface area contributed by atoms with Crippen LogP contribution in [0.4, 0.5) is 25.2 Å². The molecule has 8 nitrogen and oxygen atoms in total. The topological polar surface area (TPSA) is 87.5 Å².